The number of nitrogens with one attached hydrogen (secondary N) is 1. The highest BCUT2D eigenvalue weighted by Gasteiger charge is 2.23. The molecule has 0 aromatic rings. The summed E-state index contributed by atoms with van der Waals surface area (Å²) in [7, 11) is 0. The molecule has 2 saturated heterocycles. The van der Waals surface area contributed by atoms with Gasteiger partial charge in [-0.05, 0) is 45.2 Å². The Labute approximate surface area is 117 Å². The molecule has 4 heteroatoms. The molecule has 0 radical (unpaired) electrons. The lowest BCUT2D eigenvalue weighted by atomic mass is 10.1. The minimum atomic E-state index is 0.540. The van der Waals surface area contributed by atoms with Crippen LogP contribution in [0.1, 0.15) is 39.0 Å². The molecule has 0 aliphatic carbocycles. The summed E-state index contributed by atoms with van der Waals surface area (Å²) in [6.07, 6.45) is 6.75. The van der Waals surface area contributed by atoms with Crippen molar-refractivity contribution in [1.82, 2.24) is 10.2 Å². The molecule has 2 fully saturated rings. The molecule has 2 atom stereocenters. The second kappa shape index (κ2) is 8.90. The van der Waals surface area contributed by atoms with Crippen LogP contribution in [-0.4, -0.2) is 63.0 Å². The molecule has 0 aromatic heterocycles. The molecule has 19 heavy (non-hydrogen) atoms. The van der Waals surface area contributed by atoms with Crippen LogP contribution in [0.5, 0.6) is 0 Å². The lowest BCUT2D eigenvalue weighted by Crippen LogP contribution is -2.50. The Morgan fingerprint density at radius 1 is 1.32 bits per heavy atom. The summed E-state index contributed by atoms with van der Waals surface area (Å²) in [5.74, 6) is 0. The molecule has 2 rings (SSSR count). The van der Waals surface area contributed by atoms with Gasteiger partial charge in [-0.1, -0.05) is 6.92 Å². The average Bonchev–Trinajstić information content (AvgIpc) is 2.94. The van der Waals surface area contributed by atoms with Gasteiger partial charge in [-0.25, -0.2) is 0 Å². The van der Waals surface area contributed by atoms with Crippen molar-refractivity contribution in [2.24, 2.45) is 0 Å². The van der Waals surface area contributed by atoms with Crippen LogP contribution >= 0.6 is 0 Å². The van der Waals surface area contributed by atoms with Crippen molar-refractivity contribution < 1.29 is 9.47 Å². The van der Waals surface area contributed by atoms with Crippen LogP contribution < -0.4 is 5.32 Å². The molecule has 0 spiro atoms. The Kier molecular flexibility index (Phi) is 7.14. The fourth-order valence-corrected chi connectivity index (χ4v) is 3.01. The smallest absolute Gasteiger partial charge is 0.0634 e. The lowest BCUT2D eigenvalue weighted by molar-refractivity contribution is -0.00908. The van der Waals surface area contributed by atoms with Crippen molar-refractivity contribution in [1.29, 1.82) is 0 Å². The summed E-state index contributed by atoms with van der Waals surface area (Å²) in [6.45, 7) is 9.43. The van der Waals surface area contributed by atoms with E-state index in [2.05, 4.69) is 17.1 Å². The molecule has 2 heterocycles. The van der Waals surface area contributed by atoms with Crippen LogP contribution in [0.4, 0.5) is 0 Å². The second-order valence-electron chi connectivity index (χ2n) is 5.75. The van der Waals surface area contributed by atoms with Crippen LogP contribution in [0, 0.1) is 0 Å². The van der Waals surface area contributed by atoms with E-state index in [4.69, 9.17) is 9.47 Å². The summed E-state index contributed by atoms with van der Waals surface area (Å²) in [4.78, 5) is 2.60. The highest BCUT2D eigenvalue weighted by atomic mass is 16.5. The number of morpholine rings is 1. The van der Waals surface area contributed by atoms with E-state index in [1.807, 2.05) is 0 Å². The van der Waals surface area contributed by atoms with E-state index in [9.17, 15) is 0 Å². The third-order valence-electron chi connectivity index (χ3n) is 4.15. The van der Waals surface area contributed by atoms with Crippen LogP contribution in [-0.2, 0) is 9.47 Å². The van der Waals surface area contributed by atoms with Gasteiger partial charge in [-0.3, -0.25) is 4.90 Å². The maximum Gasteiger partial charge on any atom is 0.0634 e. The fraction of sp³-hybridized carbons (Fsp3) is 1.00. The molecule has 2 unspecified atom stereocenters. The van der Waals surface area contributed by atoms with E-state index in [1.54, 1.807) is 0 Å². The van der Waals surface area contributed by atoms with E-state index < -0.39 is 0 Å². The van der Waals surface area contributed by atoms with Crippen molar-refractivity contribution in [3.8, 4) is 0 Å². The van der Waals surface area contributed by atoms with E-state index in [0.29, 0.717) is 12.1 Å². The van der Waals surface area contributed by atoms with Crippen LogP contribution in [0.2, 0.25) is 0 Å². The molecular weight excluding hydrogens is 240 g/mol. The average molecular weight is 270 g/mol. The summed E-state index contributed by atoms with van der Waals surface area (Å²) < 4.78 is 11.3. The third-order valence-corrected chi connectivity index (χ3v) is 4.15. The minimum Gasteiger partial charge on any atom is -0.378 e. The van der Waals surface area contributed by atoms with Gasteiger partial charge < -0.3 is 14.8 Å². The minimum absolute atomic E-state index is 0.540. The predicted octanol–water partition coefficient (Wildman–Crippen LogP) is 1.65. The number of hydrogen-bond acceptors (Lipinski definition) is 4. The first-order chi connectivity index (χ1) is 9.40. The number of hydrogen-bond donors (Lipinski definition) is 1. The van der Waals surface area contributed by atoms with E-state index >= 15 is 0 Å². The van der Waals surface area contributed by atoms with Gasteiger partial charge in [0.25, 0.3) is 0 Å². The predicted molar refractivity (Wildman–Crippen MR) is 77.5 cm³/mol. The zero-order valence-corrected chi connectivity index (χ0v) is 12.4. The molecule has 2 aliphatic rings. The van der Waals surface area contributed by atoms with Gasteiger partial charge in [0, 0.05) is 25.7 Å². The van der Waals surface area contributed by atoms with Crippen molar-refractivity contribution in [3.05, 3.63) is 0 Å². The normalized spacial score (nSPS) is 28.9. The molecular formula is C15H30N2O2. The molecule has 0 amide bonds. The molecule has 1 N–H and O–H groups in total. The Balaban J connectivity index is 1.63. The van der Waals surface area contributed by atoms with Gasteiger partial charge in [0.2, 0.25) is 0 Å². The molecule has 2 aliphatic heterocycles. The molecule has 0 saturated carbocycles. The van der Waals surface area contributed by atoms with Crippen LogP contribution in [0.25, 0.3) is 0 Å². The topological polar surface area (TPSA) is 33.7 Å². The Morgan fingerprint density at radius 3 is 3.05 bits per heavy atom. The number of ether oxygens (including phenoxy) is 2. The van der Waals surface area contributed by atoms with Gasteiger partial charge in [0.05, 0.1) is 19.3 Å². The molecule has 112 valence electrons. The van der Waals surface area contributed by atoms with Crippen molar-refractivity contribution in [2.45, 2.75) is 51.2 Å². The number of rotatable bonds is 8. The van der Waals surface area contributed by atoms with E-state index in [1.165, 1.54) is 38.6 Å². The van der Waals surface area contributed by atoms with Crippen LogP contribution in [0.15, 0.2) is 0 Å². The fourth-order valence-electron chi connectivity index (χ4n) is 3.01. The first kappa shape index (κ1) is 15.2. The Morgan fingerprint density at radius 2 is 2.26 bits per heavy atom. The second-order valence-corrected chi connectivity index (χ2v) is 5.75. The molecule has 0 bridgehead atoms. The zero-order chi connectivity index (χ0) is 13.3. The third kappa shape index (κ3) is 5.38. The highest BCUT2D eigenvalue weighted by Crippen LogP contribution is 2.17. The zero-order valence-electron chi connectivity index (χ0n) is 12.4. The molecule has 0 aromatic carbocycles. The van der Waals surface area contributed by atoms with Crippen molar-refractivity contribution >= 4 is 0 Å². The van der Waals surface area contributed by atoms with Gasteiger partial charge in [-0.15, -0.1) is 0 Å². The largest absolute Gasteiger partial charge is 0.378 e. The van der Waals surface area contributed by atoms with Crippen molar-refractivity contribution in [3.63, 3.8) is 0 Å². The van der Waals surface area contributed by atoms with Gasteiger partial charge >= 0.3 is 0 Å². The van der Waals surface area contributed by atoms with E-state index in [0.717, 1.165) is 39.5 Å². The Hall–Kier alpha value is -0.160. The Bertz CT molecular complexity index is 232. The van der Waals surface area contributed by atoms with E-state index in [-0.39, 0.29) is 0 Å². The maximum atomic E-state index is 5.69. The first-order valence-electron chi connectivity index (χ1n) is 8.04. The molecule has 4 nitrogen and oxygen atoms in total. The first-order valence-corrected chi connectivity index (χ1v) is 8.04. The summed E-state index contributed by atoms with van der Waals surface area (Å²) in [6, 6.07) is 0.560. The lowest BCUT2D eigenvalue weighted by Gasteiger charge is -2.36. The SMILES string of the molecule is CCCNCC1COCCN1CCCC1CCCO1. The maximum absolute atomic E-state index is 5.69. The monoisotopic (exact) mass is 270 g/mol. The van der Waals surface area contributed by atoms with Crippen molar-refractivity contribution in [2.75, 3.05) is 46.0 Å². The quantitative estimate of drug-likeness (QED) is 0.680. The van der Waals surface area contributed by atoms with Gasteiger partial charge in [-0.2, -0.15) is 0 Å². The van der Waals surface area contributed by atoms with Crippen LogP contribution in [0.3, 0.4) is 0 Å². The summed E-state index contributed by atoms with van der Waals surface area (Å²) in [5, 5.41) is 3.52. The standard InChI is InChI=1S/C15H30N2O2/c1-2-7-16-12-14-13-18-11-9-17(14)8-3-5-15-6-4-10-19-15/h14-16H,2-13H2,1H3. The highest BCUT2D eigenvalue weighted by molar-refractivity contribution is 4.78. The summed E-state index contributed by atoms with van der Waals surface area (Å²) in [5.41, 5.74) is 0. The van der Waals surface area contributed by atoms with Gasteiger partial charge in [0.1, 0.15) is 0 Å². The van der Waals surface area contributed by atoms with Gasteiger partial charge in [0.15, 0.2) is 0 Å². The summed E-state index contributed by atoms with van der Waals surface area (Å²) >= 11 is 0. The number of nitrogens with zero attached hydrogens (tertiary/aromatic N) is 1.